The molecule has 2 heterocycles. The summed E-state index contributed by atoms with van der Waals surface area (Å²) in [5.41, 5.74) is -1.69. The summed E-state index contributed by atoms with van der Waals surface area (Å²) in [6.07, 6.45) is -1.53. The molecule has 0 bridgehead atoms. The molecule has 234 valence electrons. The van der Waals surface area contributed by atoms with Crippen LogP contribution in [-0.4, -0.2) is 40.3 Å². The summed E-state index contributed by atoms with van der Waals surface area (Å²) in [7, 11) is 0. The Morgan fingerprint density at radius 3 is 2.47 bits per heavy atom. The predicted molar refractivity (Wildman–Crippen MR) is 163 cm³/mol. The Hall–Kier alpha value is -4.70. The van der Waals surface area contributed by atoms with Crippen LogP contribution in [0.3, 0.4) is 0 Å². The number of carbonyl (C=O) groups excluding carboxylic acids is 2. The summed E-state index contributed by atoms with van der Waals surface area (Å²) in [6.45, 7) is 2.50. The number of amides is 2. The standard InChI is InChI=1S/C32H30F3N5O4S/c1-2-24(13-16-37-29(42)43-20-21-7-4-3-5-8-21)44-25-11-9-22(10-12-25)40-30(45)39(28(41)31(40)14-6-15-31)23-17-26(32(33,34)35)27(18-36)38-19-23/h3-5,7-12,17,19,24H,2,6,13-16,20H2,1H3,(H,37,42)/t24-/m0/s1. The van der Waals surface area contributed by atoms with E-state index in [-0.39, 0.29) is 23.5 Å². The van der Waals surface area contributed by atoms with E-state index < -0.39 is 35.0 Å². The number of hydrogen-bond donors (Lipinski definition) is 1. The van der Waals surface area contributed by atoms with Crippen molar-refractivity contribution in [1.82, 2.24) is 10.3 Å². The third kappa shape index (κ3) is 6.56. The van der Waals surface area contributed by atoms with Crippen LogP contribution in [0.15, 0.2) is 66.9 Å². The molecule has 1 aromatic heterocycles. The molecule has 0 radical (unpaired) electrons. The molecule has 2 fully saturated rings. The van der Waals surface area contributed by atoms with Gasteiger partial charge in [0.15, 0.2) is 10.8 Å². The second kappa shape index (κ2) is 13.1. The quantitative estimate of drug-likeness (QED) is 0.251. The Bertz CT molecular complexity index is 1610. The van der Waals surface area contributed by atoms with E-state index >= 15 is 0 Å². The first-order chi connectivity index (χ1) is 21.6. The molecule has 1 N–H and O–H groups in total. The molecular formula is C32H30F3N5O4S. The van der Waals surface area contributed by atoms with Crippen LogP contribution in [0.25, 0.3) is 0 Å². The second-order valence-corrected chi connectivity index (χ2v) is 11.1. The number of thiocarbonyl (C=S) groups is 1. The third-order valence-electron chi connectivity index (χ3n) is 7.94. The van der Waals surface area contributed by atoms with E-state index in [1.165, 1.54) is 6.07 Å². The monoisotopic (exact) mass is 637 g/mol. The van der Waals surface area contributed by atoms with Crippen LogP contribution >= 0.6 is 12.2 Å². The predicted octanol–water partition coefficient (Wildman–Crippen LogP) is 6.51. The normalized spacial score (nSPS) is 16.2. The van der Waals surface area contributed by atoms with Gasteiger partial charge in [0, 0.05) is 18.7 Å². The van der Waals surface area contributed by atoms with Gasteiger partial charge in [0.1, 0.15) is 30.1 Å². The van der Waals surface area contributed by atoms with Gasteiger partial charge in [0.2, 0.25) is 0 Å². The number of alkyl carbamates (subject to hydrolysis) is 1. The highest BCUT2D eigenvalue weighted by Gasteiger charge is 2.59. The number of hydrogen-bond acceptors (Lipinski definition) is 7. The van der Waals surface area contributed by atoms with E-state index in [1.54, 1.807) is 29.2 Å². The number of anilines is 2. The molecule has 2 amide bonds. The number of halogens is 3. The second-order valence-electron chi connectivity index (χ2n) is 10.8. The van der Waals surface area contributed by atoms with Gasteiger partial charge in [-0.05, 0) is 73.8 Å². The lowest BCUT2D eigenvalue weighted by atomic mass is 9.75. The van der Waals surface area contributed by atoms with Crippen LogP contribution in [0, 0.1) is 11.3 Å². The van der Waals surface area contributed by atoms with Crippen molar-refractivity contribution in [2.75, 3.05) is 16.3 Å². The largest absolute Gasteiger partial charge is 0.490 e. The van der Waals surface area contributed by atoms with Gasteiger partial charge in [-0.1, -0.05) is 37.3 Å². The molecule has 3 aromatic rings. The number of ether oxygens (including phenoxy) is 2. The molecule has 1 aliphatic heterocycles. The molecule has 5 rings (SSSR count). The molecule has 2 aromatic carbocycles. The molecule has 1 aliphatic carbocycles. The molecule has 1 spiro atoms. The highest BCUT2D eigenvalue weighted by molar-refractivity contribution is 7.81. The van der Waals surface area contributed by atoms with Gasteiger partial charge < -0.3 is 19.7 Å². The average Bonchev–Trinajstić information content (AvgIpc) is 3.26. The lowest BCUT2D eigenvalue weighted by molar-refractivity contribution is -0.138. The topological polar surface area (TPSA) is 108 Å². The number of nitriles is 1. The summed E-state index contributed by atoms with van der Waals surface area (Å²) in [6, 6.07) is 18.6. The summed E-state index contributed by atoms with van der Waals surface area (Å²) in [4.78, 5) is 32.2. The fraction of sp³-hybridized carbons (Fsp3) is 0.344. The first-order valence-corrected chi connectivity index (χ1v) is 14.9. The van der Waals surface area contributed by atoms with Crippen molar-refractivity contribution >= 4 is 40.7 Å². The average molecular weight is 638 g/mol. The van der Waals surface area contributed by atoms with Gasteiger partial charge in [-0.3, -0.25) is 9.69 Å². The number of rotatable bonds is 10. The molecule has 2 aliphatic rings. The number of benzene rings is 2. The Balaban J connectivity index is 1.24. The van der Waals surface area contributed by atoms with E-state index in [0.717, 1.165) is 29.1 Å². The number of nitrogens with one attached hydrogen (secondary N) is 1. The van der Waals surface area contributed by atoms with Crippen molar-refractivity contribution in [3.05, 3.63) is 83.7 Å². The van der Waals surface area contributed by atoms with Crippen molar-refractivity contribution < 1.29 is 32.2 Å². The number of aromatic nitrogens is 1. The molecule has 45 heavy (non-hydrogen) atoms. The molecule has 13 heteroatoms. The zero-order chi connectivity index (χ0) is 32.2. The van der Waals surface area contributed by atoms with Crippen molar-refractivity contribution in [3.8, 4) is 11.8 Å². The van der Waals surface area contributed by atoms with E-state index in [2.05, 4.69) is 10.3 Å². The van der Waals surface area contributed by atoms with Gasteiger partial charge in [-0.2, -0.15) is 18.4 Å². The highest BCUT2D eigenvalue weighted by atomic mass is 32.1. The van der Waals surface area contributed by atoms with Gasteiger partial charge in [0.05, 0.1) is 17.4 Å². The van der Waals surface area contributed by atoms with Crippen LogP contribution in [0.2, 0.25) is 0 Å². The lowest BCUT2D eigenvalue weighted by Crippen LogP contribution is -2.55. The van der Waals surface area contributed by atoms with E-state index in [1.807, 2.05) is 37.3 Å². The Morgan fingerprint density at radius 2 is 1.87 bits per heavy atom. The van der Waals surface area contributed by atoms with Crippen LogP contribution in [0.1, 0.15) is 55.8 Å². The van der Waals surface area contributed by atoms with Crippen molar-refractivity contribution in [2.24, 2.45) is 0 Å². The summed E-state index contributed by atoms with van der Waals surface area (Å²) in [5, 5.41) is 11.9. The Kier molecular flexibility index (Phi) is 9.24. The maximum Gasteiger partial charge on any atom is 0.419 e. The van der Waals surface area contributed by atoms with Gasteiger partial charge >= 0.3 is 12.3 Å². The summed E-state index contributed by atoms with van der Waals surface area (Å²) in [5.74, 6) is 0.138. The van der Waals surface area contributed by atoms with Gasteiger partial charge in [0.25, 0.3) is 5.91 Å². The minimum Gasteiger partial charge on any atom is -0.490 e. The smallest absolute Gasteiger partial charge is 0.419 e. The minimum atomic E-state index is -4.83. The molecule has 1 saturated carbocycles. The maximum absolute atomic E-state index is 13.7. The Labute approximate surface area is 263 Å². The van der Waals surface area contributed by atoms with Crippen LogP contribution in [0.4, 0.5) is 29.3 Å². The fourth-order valence-corrected chi connectivity index (χ4v) is 5.88. The molecule has 9 nitrogen and oxygen atoms in total. The highest BCUT2D eigenvalue weighted by Crippen LogP contribution is 2.48. The van der Waals surface area contributed by atoms with E-state index in [9.17, 15) is 22.8 Å². The first-order valence-electron chi connectivity index (χ1n) is 14.4. The number of nitrogens with zero attached hydrogens (tertiary/aromatic N) is 4. The number of alkyl halides is 3. The molecular weight excluding hydrogens is 607 g/mol. The van der Waals surface area contributed by atoms with Crippen LogP contribution in [0.5, 0.6) is 5.75 Å². The minimum absolute atomic E-state index is 0.0321. The third-order valence-corrected chi connectivity index (χ3v) is 8.30. The fourth-order valence-electron chi connectivity index (χ4n) is 5.41. The zero-order valence-electron chi connectivity index (χ0n) is 24.3. The Morgan fingerprint density at radius 1 is 1.16 bits per heavy atom. The SMILES string of the molecule is CC[C@@H](CCNC(=O)OCc1ccccc1)Oc1ccc(N2C(=S)N(c3cnc(C#N)c(C(F)(F)F)c3)C(=O)C23CCC3)cc1. The van der Waals surface area contributed by atoms with Crippen molar-refractivity contribution in [2.45, 2.75) is 63.5 Å². The van der Waals surface area contributed by atoms with Gasteiger partial charge in [-0.15, -0.1) is 0 Å². The van der Waals surface area contributed by atoms with Crippen molar-refractivity contribution in [1.29, 1.82) is 5.26 Å². The zero-order valence-corrected chi connectivity index (χ0v) is 25.2. The number of pyridine rings is 1. The maximum atomic E-state index is 13.7. The van der Waals surface area contributed by atoms with Crippen LogP contribution in [-0.2, 0) is 22.3 Å². The summed E-state index contributed by atoms with van der Waals surface area (Å²) < 4.78 is 52.3. The molecule has 1 atom stereocenters. The number of carbonyl (C=O) groups is 2. The summed E-state index contributed by atoms with van der Waals surface area (Å²) >= 11 is 5.67. The van der Waals surface area contributed by atoms with Crippen LogP contribution < -0.4 is 19.9 Å². The molecule has 0 unspecified atom stereocenters. The first kappa shape index (κ1) is 31.7. The van der Waals surface area contributed by atoms with Crippen molar-refractivity contribution in [3.63, 3.8) is 0 Å². The van der Waals surface area contributed by atoms with Gasteiger partial charge in [-0.25, -0.2) is 9.78 Å². The molecule has 1 saturated heterocycles. The van der Waals surface area contributed by atoms with E-state index in [4.69, 9.17) is 27.0 Å². The van der Waals surface area contributed by atoms with E-state index in [0.29, 0.717) is 43.7 Å². The lowest BCUT2D eigenvalue weighted by Gasteiger charge is -2.43.